The topological polar surface area (TPSA) is 103 Å². The monoisotopic (exact) mass is 550 g/mol. The first-order valence-corrected chi connectivity index (χ1v) is 13.9. The van der Waals surface area contributed by atoms with Crippen LogP contribution in [0.5, 0.6) is 5.75 Å². The molecular weight excluding hydrogens is 520 g/mol. The summed E-state index contributed by atoms with van der Waals surface area (Å²) in [6.45, 7) is 1.64. The van der Waals surface area contributed by atoms with E-state index in [1.807, 2.05) is 18.2 Å². The number of nitriles is 1. The summed E-state index contributed by atoms with van der Waals surface area (Å²) in [6.07, 6.45) is 7.20. The molecule has 6 rings (SSSR count). The second-order valence-electron chi connectivity index (χ2n) is 10.1. The van der Waals surface area contributed by atoms with Crippen molar-refractivity contribution in [2.24, 2.45) is 0 Å². The number of nitrogens with zero attached hydrogens (tertiary/aromatic N) is 4. The second kappa shape index (κ2) is 11.5. The number of methoxy groups -OCH3 is 1. The van der Waals surface area contributed by atoms with Gasteiger partial charge in [-0.1, -0.05) is 0 Å². The third-order valence-electron chi connectivity index (χ3n) is 7.92. The molecule has 2 unspecified atom stereocenters. The van der Waals surface area contributed by atoms with E-state index in [0.717, 1.165) is 58.6 Å². The van der Waals surface area contributed by atoms with Crippen LogP contribution in [0.25, 0.3) is 10.9 Å². The van der Waals surface area contributed by atoms with E-state index in [4.69, 9.17) is 4.74 Å². The zero-order valence-corrected chi connectivity index (χ0v) is 22.9. The molecule has 2 atom stereocenters. The Morgan fingerprint density at radius 1 is 1.24 bits per heavy atom. The highest BCUT2D eigenvalue weighted by Gasteiger charge is 2.40. The molecule has 0 saturated carbocycles. The van der Waals surface area contributed by atoms with E-state index in [1.54, 1.807) is 25.1 Å². The van der Waals surface area contributed by atoms with Gasteiger partial charge in [-0.2, -0.15) is 5.26 Å². The minimum absolute atomic E-state index is 0. The summed E-state index contributed by atoms with van der Waals surface area (Å²) < 4.78 is 5.44. The fourth-order valence-electron chi connectivity index (χ4n) is 6.12. The molecule has 2 saturated heterocycles. The largest absolute Gasteiger partial charge is 0.497 e. The number of pyridine rings is 2. The summed E-state index contributed by atoms with van der Waals surface area (Å²) in [5, 5.41) is 17.4. The van der Waals surface area contributed by atoms with Gasteiger partial charge in [-0.05, 0) is 68.0 Å². The van der Waals surface area contributed by atoms with Gasteiger partial charge in [0.05, 0.1) is 34.5 Å². The van der Waals surface area contributed by atoms with Crippen LogP contribution in [0, 0.1) is 11.3 Å². The van der Waals surface area contributed by atoms with Gasteiger partial charge in [0.15, 0.2) is 0 Å². The summed E-state index contributed by atoms with van der Waals surface area (Å²) in [5.41, 5.74) is 3.57. The van der Waals surface area contributed by atoms with Crippen molar-refractivity contribution in [2.45, 2.75) is 61.7 Å². The molecule has 3 aromatic rings. The van der Waals surface area contributed by atoms with E-state index in [1.165, 1.54) is 12.8 Å². The standard InChI is InChI=1S/C28H30N6O2S.ClH/c1-36-22-5-6-25-24(12-22)23(17(13-29)14-31-25)8-9-34-20-3-4-21(34)11-19(10-20)30-15-18-2-7-26-28(32-18)33-27(35)16-37-26;/h2,5-7,12,14,19-21,30H,3-4,8-11,15-16H2,1H3,(H,32,33,35);1H. The number of carbonyl (C=O) groups excluding carboxylic acids is 1. The molecule has 8 nitrogen and oxygen atoms in total. The van der Waals surface area contributed by atoms with Crippen LogP contribution in [0.3, 0.4) is 0 Å². The van der Waals surface area contributed by atoms with Crippen molar-refractivity contribution < 1.29 is 9.53 Å². The maximum absolute atomic E-state index is 11.7. The van der Waals surface area contributed by atoms with Crippen LogP contribution in [-0.2, 0) is 17.8 Å². The predicted molar refractivity (Wildman–Crippen MR) is 151 cm³/mol. The smallest absolute Gasteiger partial charge is 0.235 e. The Labute approximate surface area is 233 Å². The zero-order chi connectivity index (χ0) is 25.4. The van der Waals surface area contributed by atoms with Crippen molar-refractivity contribution in [1.82, 2.24) is 20.2 Å². The molecule has 0 radical (unpaired) electrons. The molecule has 1 aromatic carbocycles. The van der Waals surface area contributed by atoms with Crippen molar-refractivity contribution >= 4 is 46.8 Å². The van der Waals surface area contributed by atoms with Gasteiger partial charge in [-0.15, -0.1) is 24.2 Å². The van der Waals surface area contributed by atoms with E-state index >= 15 is 0 Å². The number of halogens is 1. The Morgan fingerprint density at radius 2 is 2.05 bits per heavy atom. The van der Waals surface area contributed by atoms with Crippen LogP contribution in [0.15, 0.2) is 41.4 Å². The lowest BCUT2D eigenvalue weighted by atomic mass is 9.95. The van der Waals surface area contributed by atoms with Gasteiger partial charge < -0.3 is 15.4 Å². The molecule has 2 aromatic heterocycles. The highest BCUT2D eigenvalue weighted by Crippen LogP contribution is 2.37. The minimum atomic E-state index is 0. The van der Waals surface area contributed by atoms with Gasteiger partial charge in [-0.3, -0.25) is 14.7 Å². The number of hydrogen-bond donors (Lipinski definition) is 2. The minimum Gasteiger partial charge on any atom is -0.497 e. The first kappa shape index (κ1) is 26.7. The van der Waals surface area contributed by atoms with Crippen LogP contribution < -0.4 is 15.4 Å². The number of rotatable bonds is 7. The molecule has 5 heterocycles. The van der Waals surface area contributed by atoms with Crippen LogP contribution in [-0.4, -0.2) is 58.3 Å². The van der Waals surface area contributed by atoms with Crippen LogP contribution in [0.1, 0.15) is 42.5 Å². The summed E-state index contributed by atoms with van der Waals surface area (Å²) in [5.74, 6) is 1.94. The average molecular weight is 551 g/mol. The lowest BCUT2D eigenvalue weighted by molar-refractivity contribution is -0.113. The molecule has 2 N–H and O–H groups in total. The molecule has 198 valence electrons. The number of amides is 1. The predicted octanol–water partition coefficient (Wildman–Crippen LogP) is 4.30. The quantitative estimate of drug-likeness (QED) is 0.449. The lowest BCUT2D eigenvalue weighted by Crippen LogP contribution is -2.49. The number of aromatic nitrogens is 2. The van der Waals surface area contributed by atoms with E-state index in [9.17, 15) is 10.1 Å². The van der Waals surface area contributed by atoms with Crippen molar-refractivity contribution in [3.05, 3.63) is 53.3 Å². The zero-order valence-electron chi connectivity index (χ0n) is 21.3. The Hall–Kier alpha value is -2.90. The number of fused-ring (bicyclic) bond motifs is 4. The Kier molecular flexibility index (Phi) is 8.05. The van der Waals surface area contributed by atoms with E-state index in [2.05, 4.69) is 43.7 Å². The van der Waals surface area contributed by atoms with Gasteiger partial charge in [0, 0.05) is 42.8 Å². The molecule has 3 aliphatic heterocycles. The fraction of sp³-hybridized carbons (Fsp3) is 0.429. The Balaban J connectivity index is 0.00000294. The van der Waals surface area contributed by atoms with Crippen LogP contribution >= 0.6 is 24.2 Å². The number of nitrogens with one attached hydrogen (secondary N) is 2. The normalized spacial score (nSPS) is 22.3. The Morgan fingerprint density at radius 3 is 2.82 bits per heavy atom. The van der Waals surface area contributed by atoms with Crippen molar-refractivity contribution in [2.75, 3.05) is 24.7 Å². The van der Waals surface area contributed by atoms with Gasteiger partial charge in [0.1, 0.15) is 17.6 Å². The maximum atomic E-state index is 11.7. The first-order chi connectivity index (χ1) is 18.1. The van der Waals surface area contributed by atoms with Crippen molar-refractivity contribution in [3.63, 3.8) is 0 Å². The number of hydrogen-bond acceptors (Lipinski definition) is 8. The number of thioether (sulfide) groups is 1. The highest BCUT2D eigenvalue weighted by atomic mass is 35.5. The van der Waals surface area contributed by atoms with Gasteiger partial charge in [0.2, 0.25) is 5.91 Å². The third-order valence-corrected chi connectivity index (χ3v) is 8.96. The number of carbonyl (C=O) groups is 1. The van der Waals surface area contributed by atoms with Gasteiger partial charge in [-0.25, -0.2) is 4.98 Å². The number of benzene rings is 1. The fourth-order valence-corrected chi connectivity index (χ4v) is 6.87. The van der Waals surface area contributed by atoms with E-state index in [-0.39, 0.29) is 18.3 Å². The van der Waals surface area contributed by atoms with Crippen LogP contribution in [0.2, 0.25) is 0 Å². The summed E-state index contributed by atoms with van der Waals surface area (Å²) in [4.78, 5) is 24.6. The molecule has 0 spiro atoms. The summed E-state index contributed by atoms with van der Waals surface area (Å²) >= 11 is 1.54. The van der Waals surface area contributed by atoms with E-state index in [0.29, 0.717) is 41.8 Å². The number of ether oxygens (including phenoxy) is 1. The lowest BCUT2D eigenvalue weighted by Gasteiger charge is -2.39. The second-order valence-corrected chi connectivity index (χ2v) is 11.1. The van der Waals surface area contributed by atoms with Crippen molar-refractivity contribution in [3.8, 4) is 11.8 Å². The highest BCUT2D eigenvalue weighted by molar-refractivity contribution is 8.00. The van der Waals surface area contributed by atoms with E-state index < -0.39 is 0 Å². The molecule has 3 aliphatic rings. The van der Waals surface area contributed by atoms with Crippen LogP contribution in [0.4, 0.5) is 5.82 Å². The maximum Gasteiger partial charge on any atom is 0.235 e. The molecule has 10 heteroatoms. The SMILES string of the molecule is COc1ccc2ncc(C#N)c(CCN3C4CCC3CC(NCc3ccc5c(n3)NC(=O)CS5)C4)c2c1.Cl. The van der Waals surface area contributed by atoms with Gasteiger partial charge >= 0.3 is 0 Å². The van der Waals surface area contributed by atoms with Crippen molar-refractivity contribution in [1.29, 1.82) is 5.26 Å². The first-order valence-electron chi connectivity index (χ1n) is 12.9. The molecule has 1 amide bonds. The number of piperidine rings is 1. The molecular formula is C28H31ClN6O2S. The molecule has 0 aliphatic carbocycles. The third kappa shape index (κ3) is 5.32. The molecule has 38 heavy (non-hydrogen) atoms. The van der Waals surface area contributed by atoms with Gasteiger partial charge in [0.25, 0.3) is 0 Å². The Bertz CT molecular complexity index is 1380. The molecule has 2 bridgehead atoms. The number of anilines is 1. The molecule has 2 fully saturated rings. The summed E-state index contributed by atoms with van der Waals surface area (Å²) in [6, 6.07) is 13.9. The summed E-state index contributed by atoms with van der Waals surface area (Å²) in [7, 11) is 1.66. The average Bonchev–Trinajstić information content (AvgIpc) is 3.16.